The number of sulfonamides is 1. The molecule has 5 nitrogen and oxygen atoms in total. The molecule has 0 aliphatic heterocycles. The topological polar surface area (TPSA) is 66.5 Å². The van der Waals surface area contributed by atoms with E-state index in [1.54, 1.807) is 24.3 Å². The van der Waals surface area contributed by atoms with Gasteiger partial charge in [0.15, 0.2) is 0 Å². The lowest BCUT2D eigenvalue weighted by molar-refractivity contribution is -0.121. The maximum Gasteiger partial charge on any atom is 0.243 e. The van der Waals surface area contributed by atoms with E-state index in [9.17, 15) is 17.6 Å². The number of amides is 1. The fourth-order valence-corrected chi connectivity index (χ4v) is 3.77. The third kappa shape index (κ3) is 5.64. The molecule has 0 radical (unpaired) electrons. The van der Waals surface area contributed by atoms with Gasteiger partial charge in [-0.25, -0.2) is 12.8 Å². The quantitative estimate of drug-likeness (QED) is 0.682. The average molecular weight is 378 g/mol. The Balaban J connectivity index is 2.23. The van der Waals surface area contributed by atoms with Gasteiger partial charge in [0.25, 0.3) is 0 Å². The average Bonchev–Trinajstić information content (AvgIpc) is 2.62. The first-order valence-corrected chi connectivity index (χ1v) is 9.94. The molecule has 2 rings (SSSR count). The van der Waals surface area contributed by atoms with Gasteiger partial charge in [-0.2, -0.15) is 4.31 Å². The molecule has 140 valence electrons. The fraction of sp³-hybridized carbons (Fsp3) is 0.316. The van der Waals surface area contributed by atoms with E-state index in [4.69, 9.17) is 0 Å². The van der Waals surface area contributed by atoms with Gasteiger partial charge < -0.3 is 5.32 Å². The van der Waals surface area contributed by atoms with Gasteiger partial charge in [-0.3, -0.25) is 4.79 Å². The van der Waals surface area contributed by atoms with Crippen molar-refractivity contribution in [2.75, 3.05) is 13.1 Å². The summed E-state index contributed by atoms with van der Waals surface area (Å²) in [6.45, 7) is 2.28. The highest BCUT2D eigenvalue weighted by Crippen LogP contribution is 2.18. The van der Waals surface area contributed by atoms with Crippen LogP contribution in [0.25, 0.3) is 0 Å². The summed E-state index contributed by atoms with van der Waals surface area (Å²) in [5.74, 6) is -0.879. The number of benzene rings is 2. The molecule has 0 aliphatic carbocycles. The second kappa shape index (κ2) is 9.45. The van der Waals surface area contributed by atoms with Gasteiger partial charge in [-0.05, 0) is 36.2 Å². The molecule has 0 atom stereocenters. The van der Waals surface area contributed by atoms with Crippen LogP contribution in [-0.2, 0) is 21.4 Å². The molecule has 0 aliphatic rings. The first-order valence-electron chi connectivity index (χ1n) is 8.50. The molecule has 0 unspecified atom stereocenters. The van der Waals surface area contributed by atoms with E-state index in [2.05, 4.69) is 5.32 Å². The van der Waals surface area contributed by atoms with Crippen molar-refractivity contribution in [3.63, 3.8) is 0 Å². The second-order valence-corrected chi connectivity index (χ2v) is 7.85. The summed E-state index contributed by atoms with van der Waals surface area (Å²) in [6, 6.07) is 13.6. The minimum atomic E-state index is -3.94. The van der Waals surface area contributed by atoms with Crippen molar-refractivity contribution >= 4 is 15.9 Å². The molecule has 1 N–H and O–H groups in total. The first kappa shape index (κ1) is 20.1. The number of carbonyl (C=O) groups excluding carboxylic acids is 1. The lowest BCUT2D eigenvalue weighted by atomic mass is 10.2. The molecule has 0 bridgehead atoms. The van der Waals surface area contributed by atoms with Crippen molar-refractivity contribution in [2.45, 2.75) is 31.2 Å². The third-order valence-corrected chi connectivity index (χ3v) is 5.63. The molecule has 2 aromatic carbocycles. The Morgan fingerprint density at radius 2 is 1.73 bits per heavy atom. The van der Waals surface area contributed by atoms with Crippen LogP contribution in [0.1, 0.15) is 25.3 Å². The molecule has 26 heavy (non-hydrogen) atoms. The number of hydrogen-bond acceptors (Lipinski definition) is 3. The largest absolute Gasteiger partial charge is 0.355 e. The van der Waals surface area contributed by atoms with Gasteiger partial charge >= 0.3 is 0 Å². The summed E-state index contributed by atoms with van der Waals surface area (Å²) in [5.41, 5.74) is 0.763. The van der Waals surface area contributed by atoms with E-state index in [0.29, 0.717) is 6.54 Å². The molecular weight excluding hydrogens is 355 g/mol. The molecule has 0 saturated heterocycles. The summed E-state index contributed by atoms with van der Waals surface area (Å²) in [5, 5.41) is 2.73. The van der Waals surface area contributed by atoms with Gasteiger partial charge in [0.1, 0.15) is 5.82 Å². The highest BCUT2D eigenvalue weighted by Gasteiger charge is 2.26. The molecule has 0 heterocycles. The molecular formula is C19H23FN2O3S. The predicted octanol–water partition coefficient (Wildman–Crippen LogP) is 2.93. The lowest BCUT2D eigenvalue weighted by Crippen LogP contribution is -2.40. The summed E-state index contributed by atoms with van der Waals surface area (Å²) in [6.07, 6.45) is 1.76. The van der Waals surface area contributed by atoms with E-state index >= 15 is 0 Å². The number of hydrogen-bond donors (Lipinski definition) is 1. The monoisotopic (exact) mass is 378 g/mol. The van der Waals surface area contributed by atoms with E-state index in [-0.39, 0.29) is 23.9 Å². The van der Waals surface area contributed by atoms with Gasteiger partial charge in [0, 0.05) is 13.1 Å². The smallest absolute Gasteiger partial charge is 0.243 e. The van der Waals surface area contributed by atoms with E-state index in [1.165, 1.54) is 12.1 Å². The van der Waals surface area contributed by atoms with Crippen LogP contribution in [0, 0.1) is 5.82 Å². The first-order chi connectivity index (χ1) is 12.4. The van der Waals surface area contributed by atoms with Crippen molar-refractivity contribution in [1.82, 2.24) is 9.62 Å². The number of carbonyl (C=O) groups is 1. The molecule has 0 fully saturated rings. The molecule has 1 amide bonds. The Bertz CT molecular complexity index is 808. The molecule has 7 heteroatoms. The highest BCUT2D eigenvalue weighted by molar-refractivity contribution is 7.89. The third-order valence-electron chi connectivity index (χ3n) is 3.83. The van der Waals surface area contributed by atoms with Crippen molar-refractivity contribution in [3.05, 3.63) is 66.0 Å². The summed E-state index contributed by atoms with van der Waals surface area (Å²) >= 11 is 0. The highest BCUT2D eigenvalue weighted by atomic mass is 32.2. The van der Waals surface area contributed by atoms with Crippen LogP contribution < -0.4 is 5.32 Å². The lowest BCUT2D eigenvalue weighted by Gasteiger charge is -2.22. The van der Waals surface area contributed by atoms with Crippen LogP contribution >= 0.6 is 0 Å². The van der Waals surface area contributed by atoms with Crippen LogP contribution in [0.15, 0.2) is 59.5 Å². The van der Waals surface area contributed by atoms with E-state index < -0.39 is 15.8 Å². The Morgan fingerprint density at radius 3 is 2.35 bits per heavy atom. The molecule has 0 saturated carbocycles. The zero-order chi connectivity index (χ0) is 19.0. The zero-order valence-corrected chi connectivity index (χ0v) is 15.5. The Morgan fingerprint density at radius 1 is 1.08 bits per heavy atom. The van der Waals surface area contributed by atoms with Crippen molar-refractivity contribution in [1.29, 1.82) is 0 Å². The summed E-state index contributed by atoms with van der Waals surface area (Å²) in [4.78, 5) is 12.1. The Kier molecular flexibility index (Phi) is 7.29. The second-order valence-electron chi connectivity index (χ2n) is 5.92. The van der Waals surface area contributed by atoms with Crippen LogP contribution in [0.2, 0.25) is 0 Å². The van der Waals surface area contributed by atoms with Crippen LogP contribution in [0.4, 0.5) is 4.39 Å². The molecule has 0 spiro atoms. The van der Waals surface area contributed by atoms with Crippen molar-refractivity contribution in [2.24, 2.45) is 0 Å². The van der Waals surface area contributed by atoms with Gasteiger partial charge in [-0.1, -0.05) is 43.7 Å². The Hall–Kier alpha value is -2.25. The SMILES string of the molecule is CCCCNC(=O)CN(Cc1ccccc1)S(=O)(=O)c1ccc(F)cc1. The number of unbranched alkanes of at least 4 members (excludes halogenated alkanes) is 1. The van der Waals surface area contributed by atoms with E-state index in [1.807, 2.05) is 13.0 Å². The number of halogens is 1. The molecule has 0 aromatic heterocycles. The maximum atomic E-state index is 13.1. The van der Waals surface area contributed by atoms with Crippen LogP contribution in [0.5, 0.6) is 0 Å². The standard InChI is InChI=1S/C19H23FN2O3S/c1-2-3-13-21-19(23)15-22(14-16-7-5-4-6-8-16)26(24,25)18-11-9-17(20)10-12-18/h4-12H,2-3,13-15H2,1H3,(H,21,23). The van der Waals surface area contributed by atoms with Crippen LogP contribution in [0.3, 0.4) is 0 Å². The number of rotatable bonds is 9. The number of nitrogens with one attached hydrogen (secondary N) is 1. The van der Waals surface area contributed by atoms with Gasteiger partial charge in [-0.15, -0.1) is 0 Å². The minimum Gasteiger partial charge on any atom is -0.355 e. The van der Waals surface area contributed by atoms with Crippen molar-refractivity contribution < 1.29 is 17.6 Å². The minimum absolute atomic E-state index is 0.0452. The maximum absolute atomic E-state index is 13.1. The van der Waals surface area contributed by atoms with Crippen LogP contribution in [-0.4, -0.2) is 31.7 Å². The number of nitrogens with zero attached hydrogens (tertiary/aromatic N) is 1. The normalized spacial score (nSPS) is 11.5. The summed E-state index contributed by atoms with van der Waals surface area (Å²) < 4.78 is 40.1. The predicted molar refractivity (Wildman–Crippen MR) is 98.4 cm³/mol. The van der Waals surface area contributed by atoms with Gasteiger partial charge in [0.2, 0.25) is 15.9 Å². The summed E-state index contributed by atoms with van der Waals surface area (Å²) in [7, 11) is -3.94. The van der Waals surface area contributed by atoms with Gasteiger partial charge in [0.05, 0.1) is 11.4 Å². The molecule has 2 aromatic rings. The fourth-order valence-electron chi connectivity index (χ4n) is 2.39. The van der Waals surface area contributed by atoms with E-state index in [0.717, 1.165) is 34.8 Å². The Labute approximate surface area is 153 Å². The van der Waals surface area contributed by atoms with Crippen molar-refractivity contribution in [3.8, 4) is 0 Å². The zero-order valence-electron chi connectivity index (χ0n) is 14.7.